The lowest BCUT2D eigenvalue weighted by atomic mass is 10.1. The van der Waals surface area contributed by atoms with Crippen LogP contribution in [0, 0.1) is 11.8 Å². The topological polar surface area (TPSA) is 29.1 Å². The highest BCUT2D eigenvalue weighted by Gasteiger charge is 2.22. The van der Waals surface area contributed by atoms with Gasteiger partial charge in [0.1, 0.15) is 0 Å². The molecule has 1 aliphatic rings. The fourth-order valence-corrected chi connectivity index (χ4v) is 2.34. The number of rotatable bonds is 5. The Balaban J connectivity index is 2.06. The normalized spacial score (nSPS) is 25.9. The molecule has 0 aromatic heterocycles. The van der Waals surface area contributed by atoms with Crippen LogP contribution in [-0.2, 0) is 4.79 Å². The fourth-order valence-electron chi connectivity index (χ4n) is 1.97. The van der Waals surface area contributed by atoms with Gasteiger partial charge in [-0.15, -0.1) is 11.6 Å². The van der Waals surface area contributed by atoms with Crippen LogP contribution in [0.5, 0.6) is 0 Å². The van der Waals surface area contributed by atoms with Crippen LogP contribution < -0.4 is 5.32 Å². The van der Waals surface area contributed by atoms with Crippen molar-refractivity contribution in [1.82, 2.24) is 5.32 Å². The lowest BCUT2D eigenvalue weighted by molar-refractivity contribution is -0.121. The van der Waals surface area contributed by atoms with Crippen molar-refractivity contribution in [2.75, 3.05) is 6.54 Å². The van der Waals surface area contributed by atoms with E-state index in [-0.39, 0.29) is 5.91 Å². The third-order valence-corrected chi connectivity index (χ3v) is 3.41. The highest BCUT2D eigenvalue weighted by molar-refractivity contribution is 6.20. The van der Waals surface area contributed by atoms with E-state index in [0.717, 1.165) is 25.8 Å². The van der Waals surface area contributed by atoms with E-state index in [4.69, 9.17) is 11.6 Å². The summed E-state index contributed by atoms with van der Waals surface area (Å²) in [5.41, 5.74) is 0. The molecule has 1 N–H and O–H groups in total. The molecule has 88 valence electrons. The van der Waals surface area contributed by atoms with Crippen LogP contribution in [0.4, 0.5) is 0 Å². The third-order valence-electron chi connectivity index (χ3n) is 3.01. The SMILES string of the molecule is CC(C)CCC(=O)NCC1CCC(Cl)C1. The summed E-state index contributed by atoms with van der Waals surface area (Å²) in [6.07, 6.45) is 4.97. The molecule has 3 heteroatoms. The van der Waals surface area contributed by atoms with Gasteiger partial charge in [0.25, 0.3) is 0 Å². The van der Waals surface area contributed by atoms with E-state index in [2.05, 4.69) is 19.2 Å². The molecule has 2 unspecified atom stereocenters. The zero-order chi connectivity index (χ0) is 11.3. The van der Waals surface area contributed by atoms with Gasteiger partial charge in [-0.05, 0) is 37.5 Å². The van der Waals surface area contributed by atoms with Crippen molar-refractivity contribution in [2.24, 2.45) is 11.8 Å². The van der Waals surface area contributed by atoms with Crippen LogP contribution in [0.3, 0.4) is 0 Å². The first-order chi connectivity index (χ1) is 7.08. The van der Waals surface area contributed by atoms with E-state index in [1.165, 1.54) is 6.42 Å². The predicted molar refractivity (Wildman–Crippen MR) is 64.1 cm³/mol. The predicted octanol–water partition coefficient (Wildman–Crippen LogP) is 2.95. The largest absolute Gasteiger partial charge is 0.356 e. The Kier molecular flexibility index (Phi) is 5.44. The number of carbonyl (C=O) groups is 1. The van der Waals surface area contributed by atoms with Crippen molar-refractivity contribution in [2.45, 2.75) is 51.3 Å². The quantitative estimate of drug-likeness (QED) is 0.725. The molecule has 0 saturated heterocycles. The van der Waals surface area contributed by atoms with Gasteiger partial charge in [-0.25, -0.2) is 0 Å². The van der Waals surface area contributed by atoms with Crippen LogP contribution in [0.2, 0.25) is 0 Å². The van der Waals surface area contributed by atoms with E-state index in [9.17, 15) is 4.79 Å². The molecule has 2 nitrogen and oxygen atoms in total. The standard InChI is InChI=1S/C12H22ClNO/c1-9(2)3-6-12(15)14-8-10-4-5-11(13)7-10/h9-11H,3-8H2,1-2H3,(H,14,15). The van der Waals surface area contributed by atoms with Crippen LogP contribution in [0.1, 0.15) is 46.0 Å². The Morgan fingerprint density at radius 2 is 2.20 bits per heavy atom. The Bertz CT molecular complexity index is 206. The van der Waals surface area contributed by atoms with Gasteiger partial charge in [-0.3, -0.25) is 4.79 Å². The molecule has 1 fully saturated rings. The van der Waals surface area contributed by atoms with E-state index in [1.807, 2.05) is 0 Å². The smallest absolute Gasteiger partial charge is 0.220 e. The molecular weight excluding hydrogens is 210 g/mol. The second kappa shape index (κ2) is 6.37. The minimum atomic E-state index is 0.196. The van der Waals surface area contributed by atoms with Gasteiger partial charge >= 0.3 is 0 Å². The van der Waals surface area contributed by atoms with Gasteiger partial charge in [-0.1, -0.05) is 13.8 Å². The number of alkyl halides is 1. The minimum Gasteiger partial charge on any atom is -0.356 e. The van der Waals surface area contributed by atoms with Crippen LogP contribution in [0.25, 0.3) is 0 Å². The number of amides is 1. The zero-order valence-corrected chi connectivity index (χ0v) is 10.5. The van der Waals surface area contributed by atoms with E-state index in [0.29, 0.717) is 23.6 Å². The van der Waals surface area contributed by atoms with Crippen LogP contribution in [-0.4, -0.2) is 17.8 Å². The van der Waals surface area contributed by atoms with Crippen LogP contribution in [0.15, 0.2) is 0 Å². The van der Waals surface area contributed by atoms with Gasteiger partial charge in [-0.2, -0.15) is 0 Å². The molecule has 1 aliphatic carbocycles. The summed E-state index contributed by atoms with van der Waals surface area (Å²) in [6.45, 7) is 5.10. The number of hydrogen-bond donors (Lipinski definition) is 1. The average molecular weight is 232 g/mol. The molecule has 0 aromatic carbocycles. The molecule has 0 radical (unpaired) electrons. The zero-order valence-electron chi connectivity index (χ0n) is 9.76. The highest BCUT2D eigenvalue weighted by Crippen LogP contribution is 2.28. The molecule has 1 saturated carbocycles. The Morgan fingerprint density at radius 3 is 2.73 bits per heavy atom. The fraction of sp³-hybridized carbons (Fsp3) is 0.917. The monoisotopic (exact) mass is 231 g/mol. The summed E-state index contributed by atoms with van der Waals surface area (Å²) in [7, 11) is 0. The van der Waals surface area contributed by atoms with Crippen molar-refractivity contribution in [1.29, 1.82) is 0 Å². The molecule has 0 aliphatic heterocycles. The van der Waals surface area contributed by atoms with E-state index >= 15 is 0 Å². The maximum Gasteiger partial charge on any atom is 0.220 e. The number of carbonyl (C=O) groups excluding carboxylic acids is 1. The molecule has 1 rings (SSSR count). The number of nitrogens with one attached hydrogen (secondary N) is 1. The molecule has 2 atom stereocenters. The van der Waals surface area contributed by atoms with Gasteiger partial charge < -0.3 is 5.32 Å². The minimum absolute atomic E-state index is 0.196. The van der Waals surface area contributed by atoms with E-state index < -0.39 is 0 Å². The van der Waals surface area contributed by atoms with Gasteiger partial charge in [0.15, 0.2) is 0 Å². The Hall–Kier alpha value is -0.240. The summed E-state index contributed by atoms with van der Waals surface area (Å²) in [5.74, 6) is 1.41. The average Bonchev–Trinajstić information content (AvgIpc) is 2.58. The molecule has 0 heterocycles. The number of halogens is 1. The lowest BCUT2D eigenvalue weighted by Gasteiger charge is -2.11. The third kappa shape index (κ3) is 5.41. The first-order valence-corrected chi connectivity index (χ1v) is 6.42. The van der Waals surface area contributed by atoms with Crippen molar-refractivity contribution >= 4 is 17.5 Å². The summed E-state index contributed by atoms with van der Waals surface area (Å²) in [5, 5.41) is 3.34. The summed E-state index contributed by atoms with van der Waals surface area (Å²) < 4.78 is 0. The first-order valence-electron chi connectivity index (χ1n) is 5.98. The summed E-state index contributed by atoms with van der Waals surface area (Å²) >= 11 is 6.01. The Labute approximate surface area is 97.8 Å². The maximum absolute atomic E-state index is 11.4. The van der Waals surface area contributed by atoms with Gasteiger partial charge in [0.05, 0.1) is 0 Å². The van der Waals surface area contributed by atoms with Crippen molar-refractivity contribution in [3.63, 3.8) is 0 Å². The summed E-state index contributed by atoms with van der Waals surface area (Å²) in [6, 6.07) is 0. The lowest BCUT2D eigenvalue weighted by Crippen LogP contribution is -2.28. The first kappa shape index (κ1) is 12.8. The van der Waals surface area contributed by atoms with E-state index in [1.54, 1.807) is 0 Å². The molecule has 0 bridgehead atoms. The Morgan fingerprint density at radius 1 is 1.47 bits per heavy atom. The molecular formula is C12H22ClNO. The molecule has 1 amide bonds. The van der Waals surface area contributed by atoms with Gasteiger partial charge in [0.2, 0.25) is 5.91 Å². The maximum atomic E-state index is 11.4. The van der Waals surface area contributed by atoms with Crippen molar-refractivity contribution < 1.29 is 4.79 Å². The second-order valence-corrected chi connectivity index (χ2v) is 5.63. The summed E-state index contributed by atoms with van der Waals surface area (Å²) in [4.78, 5) is 11.4. The van der Waals surface area contributed by atoms with Crippen molar-refractivity contribution in [3.05, 3.63) is 0 Å². The highest BCUT2D eigenvalue weighted by atomic mass is 35.5. The molecule has 15 heavy (non-hydrogen) atoms. The number of hydrogen-bond acceptors (Lipinski definition) is 1. The second-order valence-electron chi connectivity index (χ2n) is 5.01. The van der Waals surface area contributed by atoms with Crippen molar-refractivity contribution in [3.8, 4) is 0 Å². The molecule has 0 spiro atoms. The van der Waals surface area contributed by atoms with Gasteiger partial charge in [0, 0.05) is 18.3 Å². The molecule has 0 aromatic rings. The van der Waals surface area contributed by atoms with Crippen LogP contribution >= 0.6 is 11.6 Å².